The SMILES string of the molecule is Cc1ncc(-c2cncc(-c3c4ccccc4c(-c4c5ccccc5c(-c5cncc(-c6cnc(C)o6)c5)c5ccccc45)c4ccccc34)c2)o1. The largest absolute Gasteiger partial charge is 0.441 e. The van der Waals surface area contributed by atoms with Gasteiger partial charge in [0.1, 0.15) is 0 Å². The maximum absolute atomic E-state index is 5.90. The van der Waals surface area contributed by atoms with Gasteiger partial charge < -0.3 is 8.83 Å². The number of pyridine rings is 2. The molecule has 10 rings (SSSR count). The van der Waals surface area contributed by atoms with Gasteiger partial charge in [0, 0.05) is 60.9 Å². The molecule has 0 saturated carbocycles. The summed E-state index contributed by atoms with van der Waals surface area (Å²) in [6.45, 7) is 3.71. The molecule has 4 heterocycles. The van der Waals surface area contributed by atoms with E-state index >= 15 is 0 Å². The van der Waals surface area contributed by atoms with Gasteiger partial charge in [0.2, 0.25) is 0 Å². The van der Waals surface area contributed by atoms with Gasteiger partial charge in [-0.2, -0.15) is 0 Å². The van der Waals surface area contributed by atoms with Crippen LogP contribution in [0.25, 0.3) is 99.1 Å². The summed E-state index contributed by atoms with van der Waals surface area (Å²) in [7, 11) is 0. The highest BCUT2D eigenvalue weighted by atomic mass is 16.4. The van der Waals surface area contributed by atoms with Gasteiger partial charge in [-0.15, -0.1) is 0 Å². The van der Waals surface area contributed by atoms with Gasteiger partial charge in [-0.1, -0.05) is 97.1 Å². The number of nitrogens with zero attached hydrogens (tertiary/aromatic N) is 4. The van der Waals surface area contributed by atoms with Crippen LogP contribution < -0.4 is 0 Å². The lowest BCUT2D eigenvalue weighted by Gasteiger charge is -2.22. The quantitative estimate of drug-likeness (QED) is 0.170. The van der Waals surface area contributed by atoms with Gasteiger partial charge >= 0.3 is 0 Å². The molecule has 0 fully saturated rings. The van der Waals surface area contributed by atoms with Crippen molar-refractivity contribution in [2.75, 3.05) is 0 Å². The Labute approximate surface area is 299 Å². The first-order chi connectivity index (χ1) is 25.6. The van der Waals surface area contributed by atoms with Crippen molar-refractivity contribution in [1.29, 1.82) is 0 Å². The number of benzene rings is 6. The smallest absolute Gasteiger partial charge is 0.191 e. The van der Waals surface area contributed by atoms with Gasteiger partial charge in [-0.05, 0) is 77.5 Å². The molecule has 0 atom stereocenters. The Balaban J connectivity index is 1.29. The second-order valence-corrected chi connectivity index (χ2v) is 13.1. The summed E-state index contributed by atoms with van der Waals surface area (Å²) < 4.78 is 11.8. The van der Waals surface area contributed by atoms with Crippen LogP contribution in [0.4, 0.5) is 0 Å². The van der Waals surface area contributed by atoms with E-state index in [0.717, 1.165) is 54.9 Å². The molecule has 4 aromatic heterocycles. The summed E-state index contributed by atoms with van der Waals surface area (Å²) >= 11 is 0. The summed E-state index contributed by atoms with van der Waals surface area (Å²) in [5.41, 5.74) is 8.49. The number of hydrogen-bond donors (Lipinski definition) is 0. The van der Waals surface area contributed by atoms with Gasteiger partial charge in [-0.3, -0.25) is 9.97 Å². The minimum atomic E-state index is 0.625. The van der Waals surface area contributed by atoms with Crippen molar-refractivity contribution >= 4 is 43.1 Å². The van der Waals surface area contributed by atoms with Crippen molar-refractivity contribution in [2.45, 2.75) is 13.8 Å². The molecule has 0 radical (unpaired) electrons. The molecule has 0 aliphatic rings. The van der Waals surface area contributed by atoms with Crippen LogP contribution in [0.3, 0.4) is 0 Å². The monoisotopic (exact) mass is 670 g/mol. The summed E-state index contributed by atoms with van der Waals surface area (Å²) in [5.74, 6) is 2.65. The number of aryl methyl sites for hydroxylation is 2. The van der Waals surface area contributed by atoms with E-state index in [4.69, 9.17) is 8.83 Å². The number of fused-ring (bicyclic) bond motifs is 4. The van der Waals surface area contributed by atoms with E-state index in [1.54, 1.807) is 12.4 Å². The molecule has 0 aliphatic heterocycles. The summed E-state index contributed by atoms with van der Waals surface area (Å²) in [6, 6.07) is 39.3. The van der Waals surface area contributed by atoms with Crippen molar-refractivity contribution in [3.8, 4) is 56.0 Å². The molecular formula is C46H30N4O2. The number of aromatic nitrogens is 4. The fraction of sp³-hybridized carbons (Fsp3) is 0.0435. The number of hydrogen-bond acceptors (Lipinski definition) is 6. The van der Waals surface area contributed by atoms with Crippen LogP contribution in [0.2, 0.25) is 0 Å². The van der Waals surface area contributed by atoms with E-state index in [-0.39, 0.29) is 0 Å². The zero-order valence-corrected chi connectivity index (χ0v) is 28.5. The van der Waals surface area contributed by atoms with Crippen LogP contribution in [0, 0.1) is 13.8 Å². The molecule has 0 aliphatic carbocycles. The second-order valence-electron chi connectivity index (χ2n) is 13.1. The standard InChI is InChI=1S/C46H30N4O2/c1-27-49-25-41(51-27)29-19-31(23-47-21-29)43-33-11-3-7-15-37(33)45(38-16-8-4-12-34(38)43)46-39-17-9-5-13-35(39)44(36-14-6-10-18-40(36)46)32-20-30(22-48-24-32)42-26-50-28(2)52-42/h3-26H,1-2H3. The highest BCUT2D eigenvalue weighted by molar-refractivity contribution is 6.30. The predicted octanol–water partition coefficient (Wildman–Crippen LogP) is 12.0. The third-order valence-electron chi connectivity index (χ3n) is 9.98. The minimum absolute atomic E-state index is 0.625. The first-order valence-electron chi connectivity index (χ1n) is 17.3. The third kappa shape index (κ3) is 4.72. The van der Waals surface area contributed by atoms with E-state index in [1.165, 1.54) is 32.7 Å². The van der Waals surface area contributed by atoms with Crippen molar-refractivity contribution < 1.29 is 8.83 Å². The van der Waals surface area contributed by atoms with Crippen LogP contribution >= 0.6 is 0 Å². The molecule has 0 saturated heterocycles. The minimum Gasteiger partial charge on any atom is -0.441 e. The normalized spacial score (nSPS) is 11.7. The Hall–Kier alpha value is -6.92. The molecule has 0 bridgehead atoms. The molecule has 0 unspecified atom stereocenters. The van der Waals surface area contributed by atoms with E-state index in [1.807, 2.05) is 38.6 Å². The molecule has 6 heteroatoms. The van der Waals surface area contributed by atoms with Gasteiger partial charge in [0.15, 0.2) is 23.3 Å². The maximum Gasteiger partial charge on any atom is 0.191 e. The molecule has 0 spiro atoms. The molecule has 0 amide bonds. The van der Waals surface area contributed by atoms with Crippen molar-refractivity contribution in [2.24, 2.45) is 0 Å². The van der Waals surface area contributed by atoms with Crippen molar-refractivity contribution in [3.05, 3.63) is 158 Å². The zero-order chi connectivity index (χ0) is 34.8. The summed E-state index contributed by atoms with van der Waals surface area (Å²) in [6.07, 6.45) is 11.1. The topological polar surface area (TPSA) is 77.8 Å². The number of rotatable bonds is 5. The zero-order valence-electron chi connectivity index (χ0n) is 28.5. The molecule has 10 aromatic rings. The fourth-order valence-corrected chi connectivity index (χ4v) is 7.83. The molecule has 0 N–H and O–H groups in total. The Morgan fingerprint density at radius 2 is 0.635 bits per heavy atom. The van der Waals surface area contributed by atoms with Crippen LogP contribution in [-0.2, 0) is 0 Å². The second kappa shape index (κ2) is 11.9. The fourth-order valence-electron chi connectivity index (χ4n) is 7.83. The molecule has 52 heavy (non-hydrogen) atoms. The van der Waals surface area contributed by atoms with Crippen LogP contribution in [0.15, 0.2) is 155 Å². The Bertz CT molecular complexity index is 2690. The van der Waals surface area contributed by atoms with E-state index in [0.29, 0.717) is 23.3 Å². The van der Waals surface area contributed by atoms with E-state index < -0.39 is 0 Å². The summed E-state index contributed by atoms with van der Waals surface area (Å²) in [5, 5.41) is 9.30. The Morgan fingerprint density at radius 3 is 0.923 bits per heavy atom. The Kier molecular flexibility index (Phi) is 6.83. The lowest BCUT2D eigenvalue weighted by atomic mass is 9.81. The van der Waals surface area contributed by atoms with Crippen LogP contribution in [0.1, 0.15) is 11.8 Å². The predicted molar refractivity (Wildman–Crippen MR) is 209 cm³/mol. The molecular weight excluding hydrogens is 641 g/mol. The van der Waals surface area contributed by atoms with Gasteiger partial charge in [-0.25, -0.2) is 9.97 Å². The highest BCUT2D eigenvalue weighted by Gasteiger charge is 2.23. The third-order valence-corrected chi connectivity index (χ3v) is 9.98. The lowest BCUT2D eigenvalue weighted by molar-refractivity contribution is 0.534. The van der Waals surface area contributed by atoms with E-state index in [2.05, 4.69) is 129 Å². The highest BCUT2D eigenvalue weighted by Crippen LogP contribution is 2.50. The van der Waals surface area contributed by atoms with E-state index in [9.17, 15) is 0 Å². The van der Waals surface area contributed by atoms with Crippen LogP contribution in [-0.4, -0.2) is 19.9 Å². The maximum atomic E-state index is 5.90. The van der Waals surface area contributed by atoms with Crippen LogP contribution in [0.5, 0.6) is 0 Å². The average molecular weight is 671 g/mol. The molecule has 6 nitrogen and oxygen atoms in total. The molecule has 246 valence electrons. The lowest BCUT2D eigenvalue weighted by Crippen LogP contribution is -1.95. The average Bonchev–Trinajstić information content (AvgIpc) is 3.84. The number of oxazole rings is 2. The van der Waals surface area contributed by atoms with Crippen molar-refractivity contribution in [1.82, 2.24) is 19.9 Å². The first-order valence-corrected chi connectivity index (χ1v) is 17.3. The summed E-state index contributed by atoms with van der Waals surface area (Å²) in [4.78, 5) is 18.0. The first kappa shape index (κ1) is 29.9. The van der Waals surface area contributed by atoms with Gasteiger partial charge in [0.25, 0.3) is 0 Å². The molecule has 6 aromatic carbocycles. The van der Waals surface area contributed by atoms with Gasteiger partial charge in [0.05, 0.1) is 12.4 Å². The Morgan fingerprint density at radius 1 is 0.346 bits per heavy atom. The van der Waals surface area contributed by atoms with Crippen molar-refractivity contribution in [3.63, 3.8) is 0 Å².